The van der Waals surface area contributed by atoms with E-state index in [4.69, 9.17) is 21.7 Å². The highest BCUT2D eigenvalue weighted by atomic mass is 32.2. The van der Waals surface area contributed by atoms with E-state index in [0.717, 1.165) is 26.8 Å². The number of hydrogen-bond acceptors (Lipinski definition) is 8. The second-order valence-corrected chi connectivity index (χ2v) is 15.1. The third-order valence-corrected chi connectivity index (χ3v) is 12.0. The number of H-pyrrole nitrogens is 1. The Balaban J connectivity index is 1.41. The number of nitrogens with one attached hydrogen (secondary N) is 1. The van der Waals surface area contributed by atoms with Crippen LogP contribution < -0.4 is 9.47 Å². The van der Waals surface area contributed by atoms with E-state index < -0.39 is 23.8 Å². The molecule has 2 N–H and O–H groups in total. The van der Waals surface area contributed by atoms with E-state index in [-0.39, 0.29) is 46.7 Å². The van der Waals surface area contributed by atoms with E-state index in [2.05, 4.69) is 24.9 Å². The topological polar surface area (TPSA) is 109 Å². The molecule has 214 valence electrons. The lowest BCUT2D eigenvalue weighted by atomic mass is 9.68. The number of carbonyl (C=O) groups excluding carboxylic acids is 2. The van der Waals surface area contributed by atoms with Gasteiger partial charge in [0.05, 0.1) is 30.6 Å². The van der Waals surface area contributed by atoms with Crippen LogP contribution in [0.3, 0.4) is 0 Å². The minimum absolute atomic E-state index is 0.00104. The Morgan fingerprint density at radius 1 is 1.15 bits per heavy atom. The van der Waals surface area contributed by atoms with Gasteiger partial charge in [-0.1, -0.05) is 33.8 Å². The summed E-state index contributed by atoms with van der Waals surface area (Å²) < 4.78 is 12.5. The fourth-order valence-electron chi connectivity index (χ4n) is 7.63. The van der Waals surface area contributed by atoms with Crippen molar-refractivity contribution in [1.82, 2.24) is 9.88 Å². The van der Waals surface area contributed by atoms with Crippen LogP contribution in [0.15, 0.2) is 23.2 Å². The number of fused-ring (bicyclic) bond motifs is 9. The molecule has 2 amide bonds. The monoisotopic (exact) mass is 602 g/mol. The molecule has 11 heteroatoms. The molecule has 1 saturated heterocycles. The Morgan fingerprint density at radius 3 is 2.48 bits per heavy atom. The second-order valence-electron chi connectivity index (χ2n) is 12.1. The number of rotatable bonds is 8. The maximum Gasteiger partial charge on any atom is 0.327 e. The third kappa shape index (κ3) is 4.14. The summed E-state index contributed by atoms with van der Waals surface area (Å²) in [6.45, 7) is 8.27. The van der Waals surface area contributed by atoms with Crippen LogP contribution in [0.2, 0.25) is 0 Å². The van der Waals surface area contributed by atoms with E-state index in [1.807, 2.05) is 12.1 Å². The van der Waals surface area contributed by atoms with Gasteiger partial charge in [-0.25, -0.2) is 4.79 Å². The normalized spacial score (nSPS) is 31.0. The number of thiazole rings is 1. The van der Waals surface area contributed by atoms with Crippen molar-refractivity contribution < 1.29 is 29.0 Å². The molecule has 1 aromatic carbocycles. The van der Waals surface area contributed by atoms with Crippen molar-refractivity contribution in [2.75, 3.05) is 13.7 Å². The highest BCUT2D eigenvalue weighted by molar-refractivity contribution is 8.00. The van der Waals surface area contributed by atoms with Crippen LogP contribution >= 0.6 is 35.3 Å². The van der Waals surface area contributed by atoms with Crippen LogP contribution in [0.4, 0.5) is 0 Å². The van der Waals surface area contributed by atoms with Gasteiger partial charge in [-0.15, -0.1) is 23.1 Å². The maximum absolute atomic E-state index is 13.9. The average Bonchev–Trinajstić information content (AvgIpc) is 3.62. The molecule has 8 unspecified atom stereocenters. The number of hydrogen-bond donors (Lipinski definition) is 2. The lowest BCUT2D eigenvalue weighted by molar-refractivity contribution is -0.157. The molecule has 1 aromatic heterocycles. The van der Waals surface area contributed by atoms with Crippen molar-refractivity contribution in [3.05, 3.63) is 32.6 Å². The van der Waals surface area contributed by atoms with Crippen LogP contribution in [-0.4, -0.2) is 57.8 Å². The van der Waals surface area contributed by atoms with Crippen molar-refractivity contribution in [2.45, 2.75) is 56.4 Å². The Morgan fingerprint density at radius 2 is 1.85 bits per heavy atom. The highest BCUT2D eigenvalue weighted by Gasteiger charge is 2.70. The van der Waals surface area contributed by atoms with Gasteiger partial charge in [0.25, 0.3) is 0 Å². The third-order valence-electron chi connectivity index (χ3n) is 9.04. The fourth-order valence-corrected chi connectivity index (χ4v) is 11.0. The van der Waals surface area contributed by atoms with Gasteiger partial charge >= 0.3 is 5.97 Å². The average molecular weight is 603 g/mol. The first-order valence-electron chi connectivity index (χ1n) is 13.8. The molecule has 2 bridgehead atoms. The fraction of sp³-hybridized carbons (Fsp3) is 0.586. The van der Waals surface area contributed by atoms with Gasteiger partial charge in [0, 0.05) is 16.0 Å². The maximum atomic E-state index is 13.9. The van der Waals surface area contributed by atoms with Crippen molar-refractivity contribution in [3.63, 3.8) is 0 Å². The number of ether oxygens (including phenoxy) is 2. The van der Waals surface area contributed by atoms with Crippen LogP contribution in [0.1, 0.15) is 50.5 Å². The summed E-state index contributed by atoms with van der Waals surface area (Å²) in [6, 6.07) is 4.94. The minimum atomic E-state index is -1.14. The molecule has 0 spiro atoms. The molecule has 4 aliphatic rings. The highest BCUT2D eigenvalue weighted by Crippen LogP contribution is 2.69. The first-order valence-corrected chi connectivity index (χ1v) is 15.9. The quantitative estimate of drug-likeness (QED) is 0.304. The molecule has 2 aromatic rings. The zero-order chi connectivity index (χ0) is 28.6. The van der Waals surface area contributed by atoms with Gasteiger partial charge in [-0.2, -0.15) is 0 Å². The summed E-state index contributed by atoms with van der Waals surface area (Å²) >= 11 is 8.87. The number of carboxylic acids is 1. The number of thioether (sulfide) groups is 1. The van der Waals surface area contributed by atoms with Gasteiger partial charge in [0.15, 0.2) is 15.5 Å². The number of likely N-dealkylation sites (tertiary alicyclic amines) is 1. The Hall–Kier alpha value is -2.37. The second kappa shape index (κ2) is 10.2. The molecular weight excluding hydrogens is 569 g/mol. The molecule has 0 radical (unpaired) electrons. The number of aromatic amines is 1. The smallest absolute Gasteiger partial charge is 0.327 e. The van der Waals surface area contributed by atoms with Crippen molar-refractivity contribution in [3.8, 4) is 11.5 Å². The van der Waals surface area contributed by atoms with Gasteiger partial charge in [-0.05, 0) is 65.9 Å². The molecule has 8 nitrogen and oxygen atoms in total. The number of imide groups is 1. The number of carbonyl (C=O) groups is 3. The van der Waals surface area contributed by atoms with Crippen molar-refractivity contribution >= 4 is 53.1 Å². The number of aromatic nitrogens is 1. The van der Waals surface area contributed by atoms with Crippen LogP contribution in [0.25, 0.3) is 0 Å². The zero-order valence-electron chi connectivity index (χ0n) is 23.1. The molecular formula is C29H34N2O6S3. The molecule has 2 saturated carbocycles. The number of aliphatic carboxylic acids is 1. The summed E-state index contributed by atoms with van der Waals surface area (Å²) in [5.41, 5.74) is 1.07. The summed E-state index contributed by atoms with van der Waals surface area (Å²) in [6.07, 6.45) is 0.793. The molecule has 2 aliphatic heterocycles. The standard InChI is InChI=1S/C29H34N2O6S3/c1-11(2)10-37-16-7-6-13(8-17(16)36-5)18-19-14-9-15(23(19)39-25-24(18)40-29(38)30-25)21-20(14)26(32)31(27(21)33)22(12(3)4)28(34)35/h6-8,11-12,14-15,18-23H,9-10H2,1-5H3,(H,30,38)(H,34,35). The molecule has 6 rings (SSSR count). The summed E-state index contributed by atoms with van der Waals surface area (Å²) in [5.74, 6) is -1.28. The Bertz CT molecular complexity index is 1430. The van der Waals surface area contributed by atoms with Crippen LogP contribution in [-0.2, 0) is 14.4 Å². The summed E-state index contributed by atoms with van der Waals surface area (Å²) in [5, 5.41) is 11.1. The predicted octanol–water partition coefficient (Wildman–Crippen LogP) is 5.43. The van der Waals surface area contributed by atoms with Crippen LogP contribution in [0.5, 0.6) is 11.5 Å². The Labute approximate surface area is 246 Å². The van der Waals surface area contributed by atoms with E-state index in [0.29, 0.717) is 28.0 Å². The first kappa shape index (κ1) is 27.8. The summed E-state index contributed by atoms with van der Waals surface area (Å²) in [4.78, 5) is 45.3. The molecule has 2 aliphatic carbocycles. The van der Waals surface area contributed by atoms with E-state index in [9.17, 15) is 19.5 Å². The van der Waals surface area contributed by atoms with Gasteiger partial charge < -0.3 is 19.6 Å². The zero-order valence-corrected chi connectivity index (χ0v) is 25.5. The first-order chi connectivity index (χ1) is 19.0. The van der Waals surface area contributed by atoms with E-state index in [1.54, 1.807) is 44.1 Å². The van der Waals surface area contributed by atoms with Gasteiger partial charge in [0.1, 0.15) is 6.04 Å². The number of methoxy groups -OCH3 is 1. The van der Waals surface area contributed by atoms with E-state index >= 15 is 0 Å². The summed E-state index contributed by atoms with van der Waals surface area (Å²) in [7, 11) is 1.64. The molecule has 3 heterocycles. The molecule has 8 atom stereocenters. The molecule has 3 fully saturated rings. The largest absolute Gasteiger partial charge is 0.493 e. The van der Waals surface area contributed by atoms with Crippen molar-refractivity contribution in [2.24, 2.45) is 41.4 Å². The van der Waals surface area contributed by atoms with Crippen LogP contribution in [0, 0.1) is 45.4 Å². The molecule has 40 heavy (non-hydrogen) atoms. The van der Waals surface area contributed by atoms with Gasteiger partial charge in [-0.3, -0.25) is 14.5 Å². The number of carboxylic acid groups (broad SMARTS) is 1. The minimum Gasteiger partial charge on any atom is -0.493 e. The van der Waals surface area contributed by atoms with Gasteiger partial charge in [0.2, 0.25) is 11.8 Å². The predicted molar refractivity (Wildman–Crippen MR) is 155 cm³/mol. The number of nitrogens with zero attached hydrogens (tertiary/aromatic N) is 1. The Kier molecular flexibility index (Phi) is 7.06. The lowest BCUT2D eigenvalue weighted by Crippen LogP contribution is -2.49. The number of amides is 2. The lowest BCUT2D eigenvalue weighted by Gasteiger charge is -2.43. The SMILES string of the molecule is COc1cc(C2c3sc(=S)[nH]c3SC3C4CC(C5C(=O)N(C(C(=O)O)C(C)C)C(=O)C45)C23)ccc1OCC(C)C. The number of benzene rings is 1. The van der Waals surface area contributed by atoms with E-state index in [1.165, 1.54) is 0 Å². The van der Waals surface area contributed by atoms with Crippen molar-refractivity contribution in [1.29, 1.82) is 0 Å².